The van der Waals surface area contributed by atoms with E-state index >= 15 is 0 Å². The van der Waals surface area contributed by atoms with E-state index in [0.29, 0.717) is 34.6 Å². The molecule has 0 unspecified atom stereocenters. The van der Waals surface area contributed by atoms with Crippen LogP contribution in [-0.2, 0) is 13.0 Å². The fraction of sp³-hybridized carbons (Fsp3) is 0.289. The minimum Gasteiger partial charge on any atom is -0.478 e. The van der Waals surface area contributed by atoms with Gasteiger partial charge >= 0.3 is 5.97 Å². The van der Waals surface area contributed by atoms with Crippen LogP contribution in [0.3, 0.4) is 0 Å². The fourth-order valence-electron chi connectivity index (χ4n) is 8.85. The number of Topliss-reactive ketones (excluding diaryl/α,β-unsaturated/α-hetero) is 1. The van der Waals surface area contributed by atoms with Gasteiger partial charge in [0.2, 0.25) is 11.8 Å². The topological polar surface area (TPSA) is 150 Å². The number of ketones is 1. The smallest absolute Gasteiger partial charge is 0.336 e. The lowest BCUT2D eigenvalue weighted by Gasteiger charge is -2.38. The second-order valence-electron chi connectivity index (χ2n) is 15.9. The first-order chi connectivity index (χ1) is 27.6. The number of aryl methyl sites for hydroxylation is 1. The molecule has 0 spiro atoms. The van der Waals surface area contributed by atoms with Crippen molar-refractivity contribution in [1.29, 1.82) is 0 Å². The molecule has 3 aliphatic heterocycles. The molecule has 0 bridgehead atoms. The van der Waals surface area contributed by atoms with Gasteiger partial charge in [0.05, 0.1) is 11.9 Å². The van der Waals surface area contributed by atoms with E-state index in [9.17, 15) is 14.7 Å². The maximum atomic E-state index is 13.9. The molecule has 5 heterocycles. The van der Waals surface area contributed by atoms with Crippen molar-refractivity contribution in [2.45, 2.75) is 58.2 Å². The van der Waals surface area contributed by atoms with E-state index in [0.717, 1.165) is 54.0 Å². The molecule has 9 rings (SSSR count). The number of allylic oxidation sites excluding steroid dienone is 5. The molecular weight excluding hydrogens is 731 g/mol. The number of fused-ring (bicyclic) bond motifs is 3. The molecule has 288 valence electrons. The first-order valence-electron chi connectivity index (χ1n) is 19.9. The summed E-state index contributed by atoms with van der Waals surface area (Å²) >= 11 is 0. The summed E-state index contributed by atoms with van der Waals surface area (Å²) in [7, 11) is -2.25. The lowest BCUT2D eigenvalue weighted by molar-refractivity contribution is -0.504. The van der Waals surface area contributed by atoms with Crippen molar-refractivity contribution < 1.29 is 24.0 Å². The lowest BCUT2D eigenvalue weighted by Crippen LogP contribution is -2.50. The molecule has 2 aromatic heterocycles. The summed E-state index contributed by atoms with van der Waals surface area (Å²) in [6.45, 7) is 9.32. The van der Waals surface area contributed by atoms with Crippen LogP contribution in [0.15, 0.2) is 96.0 Å². The van der Waals surface area contributed by atoms with Crippen molar-refractivity contribution in [1.82, 2.24) is 19.9 Å². The predicted molar refractivity (Wildman–Crippen MR) is 225 cm³/mol. The van der Waals surface area contributed by atoms with Crippen LogP contribution in [0.5, 0.6) is 5.88 Å². The third-order valence-electron chi connectivity index (χ3n) is 12.0. The van der Waals surface area contributed by atoms with E-state index in [4.69, 9.17) is 10.5 Å². The van der Waals surface area contributed by atoms with Crippen LogP contribution in [0.25, 0.3) is 16.7 Å². The molecule has 12 heteroatoms. The van der Waals surface area contributed by atoms with Crippen molar-refractivity contribution in [3.05, 3.63) is 129 Å². The first kappa shape index (κ1) is 36.5. The zero-order chi connectivity index (χ0) is 39.3. The molecule has 5 aromatic rings. The number of imidazole rings is 1. The Balaban J connectivity index is 1.02. The molecule has 0 radical (unpaired) electrons. The monoisotopic (exact) mass is 776 g/mol. The Morgan fingerprint density at radius 2 is 1.70 bits per heavy atom. The summed E-state index contributed by atoms with van der Waals surface area (Å²) in [6.07, 6.45) is 13.9. The molecule has 4 N–H and O–H groups in total. The number of H-pyrrole nitrogens is 1. The number of ether oxygens (including phenoxy) is 1. The molecule has 0 amide bonds. The Hall–Kier alpha value is -6.14. The molecular formula is C45H46N7O4Si+. The van der Waals surface area contributed by atoms with Crippen LogP contribution in [0.4, 0.5) is 11.6 Å². The van der Waals surface area contributed by atoms with Crippen LogP contribution >= 0.6 is 0 Å². The van der Waals surface area contributed by atoms with Crippen LogP contribution in [-0.4, -0.2) is 81.3 Å². The van der Waals surface area contributed by atoms with Gasteiger partial charge in [-0.15, -0.1) is 0 Å². The average Bonchev–Trinajstić information content (AvgIpc) is 4.04. The van der Waals surface area contributed by atoms with Gasteiger partial charge in [0.1, 0.15) is 33.3 Å². The summed E-state index contributed by atoms with van der Waals surface area (Å²) in [6, 6.07) is 19.8. The number of carbonyl (C=O) groups is 2. The summed E-state index contributed by atoms with van der Waals surface area (Å²) in [4.78, 5) is 44.8. The molecule has 3 aromatic carbocycles. The molecule has 57 heavy (non-hydrogen) atoms. The number of nitrogens with two attached hydrogens (primary N) is 1. The number of nitrogens with zero attached hydrogens (tertiary/aromatic N) is 5. The van der Waals surface area contributed by atoms with Gasteiger partial charge in [0.15, 0.2) is 17.1 Å². The number of hydrogen-bond acceptors (Lipinski definition) is 8. The third kappa shape index (κ3) is 6.88. The van der Waals surface area contributed by atoms with Crippen molar-refractivity contribution in [2.24, 2.45) is 0 Å². The lowest BCUT2D eigenvalue weighted by atomic mass is 9.85. The first-order valence-corrected chi connectivity index (χ1v) is 22.9. The van der Waals surface area contributed by atoms with Gasteiger partial charge in [-0.05, 0) is 93.4 Å². The van der Waals surface area contributed by atoms with E-state index in [2.05, 4.69) is 78.9 Å². The fourth-order valence-corrected chi connectivity index (χ4v) is 11.9. The van der Waals surface area contributed by atoms with E-state index < -0.39 is 14.0 Å². The van der Waals surface area contributed by atoms with Gasteiger partial charge in [0, 0.05) is 55.8 Å². The predicted octanol–water partition coefficient (Wildman–Crippen LogP) is 6.64. The number of anilines is 2. The minimum atomic E-state index is -2.25. The summed E-state index contributed by atoms with van der Waals surface area (Å²) in [5.41, 5.74) is 15.6. The van der Waals surface area contributed by atoms with Gasteiger partial charge in [-0.2, -0.15) is 9.97 Å². The van der Waals surface area contributed by atoms with E-state index in [1.54, 1.807) is 12.1 Å². The molecule has 0 saturated carbocycles. The number of carboxylic acid groups (broad SMARTS) is 1. The number of hydrogen-bond donors (Lipinski definition) is 3. The number of rotatable bonds is 10. The van der Waals surface area contributed by atoms with Gasteiger partial charge in [0.25, 0.3) is 0 Å². The van der Waals surface area contributed by atoms with Crippen LogP contribution < -0.4 is 20.6 Å². The Morgan fingerprint density at radius 3 is 2.47 bits per heavy atom. The highest BCUT2D eigenvalue weighted by atomic mass is 28.3. The van der Waals surface area contributed by atoms with Crippen molar-refractivity contribution >= 4 is 59.1 Å². The maximum absolute atomic E-state index is 13.9. The molecule has 0 atom stereocenters. The number of aromatic amines is 1. The van der Waals surface area contributed by atoms with Gasteiger partial charge in [-0.3, -0.25) is 4.79 Å². The summed E-state index contributed by atoms with van der Waals surface area (Å²) in [5, 5.41) is 13.2. The molecule has 1 aliphatic carbocycles. The molecule has 2 saturated heterocycles. The van der Waals surface area contributed by atoms with Crippen molar-refractivity contribution in [3.63, 3.8) is 0 Å². The Bertz CT molecular complexity index is 2570. The summed E-state index contributed by atoms with van der Waals surface area (Å²) < 4.78 is 8.41. The van der Waals surface area contributed by atoms with Crippen LogP contribution in [0.2, 0.25) is 13.1 Å². The van der Waals surface area contributed by atoms with E-state index in [-0.39, 0.29) is 30.3 Å². The molecule has 2 fully saturated rings. The highest BCUT2D eigenvalue weighted by Crippen LogP contribution is 2.43. The normalized spacial score (nSPS) is 17.2. The van der Waals surface area contributed by atoms with Crippen LogP contribution in [0.1, 0.15) is 75.1 Å². The van der Waals surface area contributed by atoms with E-state index in [1.807, 2.05) is 30.3 Å². The zero-order valence-corrected chi connectivity index (χ0v) is 33.3. The van der Waals surface area contributed by atoms with Crippen LogP contribution in [0, 0.1) is 0 Å². The highest BCUT2D eigenvalue weighted by molar-refractivity contribution is 6.98. The van der Waals surface area contributed by atoms with Gasteiger partial charge in [-0.25, -0.2) is 14.4 Å². The Kier molecular flexibility index (Phi) is 9.44. The number of nitrogens with one attached hydrogen (secondary N) is 1. The number of carboxylic acids is 1. The third-order valence-corrected chi connectivity index (χ3v) is 15.5. The highest BCUT2D eigenvalue weighted by Gasteiger charge is 2.41. The number of aromatic carboxylic acids is 1. The second-order valence-corrected chi connectivity index (χ2v) is 20.3. The van der Waals surface area contributed by atoms with Crippen molar-refractivity contribution in [3.8, 4) is 5.88 Å². The van der Waals surface area contributed by atoms with Crippen molar-refractivity contribution in [2.75, 3.05) is 36.8 Å². The van der Waals surface area contributed by atoms with Gasteiger partial charge < -0.3 is 25.5 Å². The molecule has 4 aliphatic rings. The Morgan fingerprint density at radius 1 is 0.930 bits per heavy atom. The zero-order valence-electron chi connectivity index (χ0n) is 32.3. The number of benzene rings is 3. The number of nitrogen functional groups attached to an aromatic ring is 1. The Labute approximate surface area is 332 Å². The SMILES string of the molecule is C[Si]1(C)C2=CC(=[N+]3CCCC3)C=CC2=C(c2cc(C(=O)CCc3ccc(COc4nc(N)nc5nc[nH]c45)cc3)ccc2C(=O)O)c2ccc(N3CCCC3)cc21. The maximum Gasteiger partial charge on any atom is 0.336 e. The average molecular weight is 777 g/mol. The largest absolute Gasteiger partial charge is 0.478 e. The van der Waals surface area contributed by atoms with E-state index in [1.165, 1.54) is 53.8 Å². The minimum absolute atomic E-state index is 0.0363. The number of carbonyl (C=O) groups excluding carboxylic acids is 1. The number of aromatic nitrogens is 4. The van der Waals surface area contributed by atoms with Gasteiger partial charge in [-0.1, -0.05) is 49.5 Å². The second kappa shape index (κ2) is 14.7. The quantitative estimate of drug-likeness (QED) is 0.0806. The summed E-state index contributed by atoms with van der Waals surface area (Å²) in [5.74, 6) is -0.623. The standard InChI is InChI=1S/C45H45N7O4Si/c1-57(2)38-24-31(51-19-3-4-20-51)13-16-34(38)40(35-17-14-32(25-39(35)57)52-21-5-6-22-52)36-23-30(12-15-33(36)44(54)55)37(53)18-11-28-7-9-29(10-8-28)26-56-43-41-42(48-27-47-41)49-45(46)50-43/h7-10,12-17,23-25,27H,3-6,11,18-22,26H2,1-2H3,(H3-,46,47,48,49,50,54,55)/p+1. The molecule has 11 nitrogen and oxygen atoms in total.